The number of carbonyl (C=O) groups is 1. The molecule has 1 aromatic carbocycles. The van der Waals surface area contributed by atoms with Crippen LogP contribution < -0.4 is 5.32 Å². The summed E-state index contributed by atoms with van der Waals surface area (Å²) in [5.41, 5.74) is 1.31. The van der Waals surface area contributed by atoms with E-state index in [-0.39, 0.29) is 11.8 Å². The monoisotopic (exact) mass is 301 g/mol. The van der Waals surface area contributed by atoms with E-state index in [1.165, 1.54) is 5.56 Å². The van der Waals surface area contributed by atoms with Crippen LogP contribution in [-0.4, -0.2) is 55.0 Å². The quantitative estimate of drug-likeness (QED) is 0.871. The molecule has 1 unspecified atom stereocenters. The minimum Gasteiger partial charge on any atom is -0.354 e. The average Bonchev–Trinajstić information content (AvgIpc) is 3.41. The van der Waals surface area contributed by atoms with Gasteiger partial charge in [0.25, 0.3) is 0 Å². The highest BCUT2D eigenvalue weighted by Crippen LogP contribution is 2.29. The van der Waals surface area contributed by atoms with E-state index in [2.05, 4.69) is 52.4 Å². The SMILES string of the molecule is CCN1CCN(C(CNC(=O)C2CC2)c2ccccc2)CC1. The third-order valence-corrected chi connectivity index (χ3v) is 4.90. The number of nitrogens with zero attached hydrogens (tertiary/aromatic N) is 2. The van der Waals surface area contributed by atoms with E-state index in [9.17, 15) is 4.79 Å². The van der Waals surface area contributed by atoms with Gasteiger partial charge >= 0.3 is 0 Å². The number of carbonyl (C=O) groups excluding carboxylic acids is 1. The van der Waals surface area contributed by atoms with Gasteiger partial charge in [-0.05, 0) is 24.9 Å². The van der Waals surface area contributed by atoms with Gasteiger partial charge in [-0.2, -0.15) is 0 Å². The van der Waals surface area contributed by atoms with Gasteiger partial charge in [-0.1, -0.05) is 37.3 Å². The molecule has 4 nitrogen and oxygen atoms in total. The van der Waals surface area contributed by atoms with Crippen molar-refractivity contribution in [1.82, 2.24) is 15.1 Å². The Bertz CT molecular complexity index is 478. The molecule has 1 aliphatic carbocycles. The Morgan fingerprint density at radius 2 is 1.86 bits per heavy atom. The molecule has 120 valence electrons. The van der Waals surface area contributed by atoms with Crippen LogP contribution in [0.1, 0.15) is 31.4 Å². The fraction of sp³-hybridized carbons (Fsp3) is 0.611. The Balaban J connectivity index is 1.64. The number of benzene rings is 1. The number of hydrogen-bond donors (Lipinski definition) is 1. The number of nitrogens with one attached hydrogen (secondary N) is 1. The topological polar surface area (TPSA) is 35.6 Å². The molecule has 1 saturated carbocycles. The maximum absolute atomic E-state index is 12.0. The van der Waals surface area contributed by atoms with Crippen molar-refractivity contribution in [3.8, 4) is 0 Å². The predicted octanol–water partition coefficient (Wildman–Crippen LogP) is 1.89. The molecular formula is C18H27N3O. The number of rotatable bonds is 6. The van der Waals surface area contributed by atoms with E-state index in [4.69, 9.17) is 0 Å². The van der Waals surface area contributed by atoms with Crippen LogP contribution in [0.4, 0.5) is 0 Å². The van der Waals surface area contributed by atoms with Crippen LogP contribution in [0.15, 0.2) is 30.3 Å². The van der Waals surface area contributed by atoms with Crippen LogP contribution in [0, 0.1) is 5.92 Å². The maximum atomic E-state index is 12.0. The lowest BCUT2D eigenvalue weighted by atomic mass is 10.0. The predicted molar refractivity (Wildman–Crippen MR) is 88.6 cm³/mol. The molecule has 0 bridgehead atoms. The molecule has 1 atom stereocenters. The van der Waals surface area contributed by atoms with E-state index in [1.54, 1.807) is 0 Å². The molecular weight excluding hydrogens is 274 g/mol. The summed E-state index contributed by atoms with van der Waals surface area (Å²) in [5, 5.41) is 3.17. The van der Waals surface area contributed by atoms with Crippen LogP contribution in [0.25, 0.3) is 0 Å². The molecule has 1 heterocycles. The van der Waals surface area contributed by atoms with Gasteiger partial charge in [0.15, 0.2) is 0 Å². The lowest BCUT2D eigenvalue weighted by Gasteiger charge is -2.39. The highest BCUT2D eigenvalue weighted by atomic mass is 16.2. The first-order valence-electron chi connectivity index (χ1n) is 8.57. The Hall–Kier alpha value is -1.39. The Kier molecular flexibility index (Phi) is 5.11. The Morgan fingerprint density at radius 1 is 1.18 bits per heavy atom. The third kappa shape index (κ3) is 3.87. The standard InChI is InChI=1S/C18H27N3O/c1-2-20-10-12-21(13-11-20)17(15-6-4-3-5-7-15)14-19-18(22)16-8-9-16/h3-7,16-17H,2,8-14H2,1H3,(H,19,22). The van der Waals surface area contributed by atoms with Gasteiger partial charge in [0.1, 0.15) is 0 Å². The molecule has 3 rings (SSSR count). The molecule has 0 spiro atoms. The highest BCUT2D eigenvalue weighted by molar-refractivity contribution is 5.80. The summed E-state index contributed by atoms with van der Waals surface area (Å²) < 4.78 is 0. The first-order valence-corrected chi connectivity index (χ1v) is 8.57. The summed E-state index contributed by atoms with van der Waals surface area (Å²) in [6, 6.07) is 10.9. The molecule has 1 aromatic rings. The maximum Gasteiger partial charge on any atom is 0.223 e. The summed E-state index contributed by atoms with van der Waals surface area (Å²) in [5.74, 6) is 0.529. The largest absolute Gasteiger partial charge is 0.354 e. The first kappa shape index (κ1) is 15.5. The summed E-state index contributed by atoms with van der Waals surface area (Å²) in [7, 11) is 0. The first-order chi connectivity index (χ1) is 10.8. The van der Waals surface area contributed by atoms with E-state index < -0.39 is 0 Å². The van der Waals surface area contributed by atoms with Gasteiger partial charge in [-0.25, -0.2) is 0 Å². The van der Waals surface area contributed by atoms with Gasteiger partial charge in [0, 0.05) is 38.6 Å². The van der Waals surface area contributed by atoms with Crippen molar-refractivity contribution in [1.29, 1.82) is 0 Å². The average molecular weight is 301 g/mol. The van der Waals surface area contributed by atoms with Crippen molar-refractivity contribution >= 4 is 5.91 Å². The Morgan fingerprint density at radius 3 is 2.45 bits per heavy atom. The van der Waals surface area contributed by atoms with Crippen molar-refractivity contribution < 1.29 is 4.79 Å². The second-order valence-electron chi connectivity index (χ2n) is 6.42. The summed E-state index contributed by atoms with van der Waals surface area (Å²) >= 11 is 0. The smallest absolute Gasteiger partial charge is 0.223 e. The zero-order valence-electron chi connectivity index (χ0n) is 13.5. The van der Waals surface area contributed by atoms with Crippen LogP contribution >= 0.6 is 0 Å². The van der Waals surface area contributed by atoms with Crippen molar-refractivity contribution in [2.24, 2.45) is 5.92 Å². The van der Waals surface area contributed by atoms with Crippen LogP contribution in [-0.2, 0) is 4.79 Å². The van der Waals surface area contributed by atoms with Crippen molar-refractivity contribution in [3.63, 3.8) is 0 Å². The minimum absolute atomic E-state index is 0.244. The molecule has 1 saturated heterocycles. The molecule has 0 radical (unpaired) electrons. The molecule has 1 amide bonds. The van der Waals surface area contributed by atoms with E-state index in [0.29, 0.717) is 6.04 Å². The van der Waals surface area contributed by atoms with E-state index in [0.717, 1.165) is 52.1 Å². The van der Waals surface area contributed by atoms with Gasteiger partial charge in [-0.3, -0.25) is 9.69 Å². The molecule has 1 N–H and O–H groups in total. The molecule has 1 aliphatic heterocycles. The number of likely N-dealkylation sites (N-methyl/N-ethyl adjacent to an activating group) is 1. The lowest BCUT2D eigenvalue weighted by molar-refractivity contribution is -0.122. The zero-order valence-corrected chi connectivity index (χ0v) is 13.5. The van der Waals surface area contributed by atoms with E-state index in [1.807, 2.05) is 0 Å². The third-order valence-electron chi connectivity index (χ3n) is 4.90. The normalized spacial score (nSPS) is 21.5. The fourth-order valence-corrected chi connectivity index (χ4v) is 3.21. The summed E-state index contributed by atoms with van der Waals surface area (Å²) in [4.78, 5) is 17.0. The van der Waals surface area contributed by atoms with Gasteiger partial charge < -0.3 is 10.2 Å². The van der Waals surface area contributed by atoms with Crippen LogP contribution in [0.3, 0.4) is 0 Å². The van der Waals surface area contributed by atoms with Crippen LogP contribution in [0.2, 0.25) is 0 Å². The molecule has 2 aliphatic rings. The highest BCUT2D eigenvalue weighted by Gasteiger charge is 2.31. The second kappa shape index (κ2) is 7.25. The minimum atomic E-state index is 0.244. The lowest BCUT2D eigenvalue weighted by Crippen LogP contribution is -2.49. The molecule has 2 fully saturated rings. The van der Waals surface area contributed by atoms with Gasteiger partial charge in [-0.15, -0.1) is 0 Å². The van der Waals surface area contributed by atoms with Gasteiger partial charge in [0.05, 0.1) is 6.04 Å². The van der Waals surface area contributed by atoms with Crippen molar-refractivity contribution in [2.45, 2.75) is 25.8 Å². The molecule has 0 aromatic heterocycles. The number of hydrogen-bond acceptors (Lipinski definition) is 3. The van der Waals surface area contributed by atoms with Crippen molar-refractivity contribution in [2.75, 3.05) is 39.3 Å². The zero-order chi connectivity index (χ0) is 15.4. The van der Waals surface area contributed by atoms with E-state index >= 15 is 0 Å². The van der Waals surface area contributed by atoms with Crippen molar-refractivity contribution in [3.05, 3.63) is 35.9 Å². The molecule has 4 heteroatoms. The fourth-order valence-electron chi connectivity index (χ4n) is 3.21. The van der Waals surface area contributed by atoms with Crippen LogP contribution in [0.5, 0.6) is 0 Å². The van der Waals surface area contributed by atoms with Gasteiger partial charge in [0.2, 0.25) is 5.91 Å². The number of piperazine rings is 1. The Labute approximate surface area is 133 Å². The second-order valence-corrected chi connectivity index (χ2v) is 6.42. The molecule has 22 heavy (non-hydrogen) atoms. The summed E-state index contributed by atoms with van der Waals surface area (Å²) in [6.45, 7) is 8.47. The summed E-state index contributed by atoms with van der Waals surface area (Å²) in [6.07, 6.45) is 2.13. The number of amides is 1.